The van der Waals surface area contributed by atoms with E-state index in [4.69, 9.17) is 0 Å². The van der Waals surface area contributed by atoms with Gasteiger partial charge in [-0.05, 0) is 33.3 Å². The van der Waals surface area contributed by atoms with Crippen molar-refractivity contribution in [2.45, 2.75) is 27.7 Å². The van der Waals surface area contributed by atoms with Crippen LogP contribution in [0.2, 0.25) is 0 Å². The third kappa shape index (κ3) is 3.34. The molecule has 104 valence electrons. The lowest BCUT2D eigenvalue weighted by Crippen LogP contribution is -2.42. The van der Waals surface area contributed by atoms with Crippen molar-refractivity contribution in [1.29, 1.82) is 0 Å². The quantitative estimate of drug-likeness (QED) is 0.566. The van der Waals surface area contributed by atoms with Gasteiger partial charge >= 0.3 is 6.09 Å². The van der Waals surface area contributed by atoms with E-state index in [9.17, 15) is 14.4 Å². The molecule has 0 saturated heterocycles. The van der Waals surface area contributed by atoms with Crippen molar-refractivity contribution >= 4 is 17.8 Å². The molecule has 19 heavy (non-hydrogen) atoms. The summed E-state index contributed by atoms with van der Waals surface area (Å²) in [6, 6.07) is 0. The van der Waals surface area contributed by atoms with Gasteiger partial charge in [-0.2, -0.15) is 0 Å². The molecule has 1 heterocycles. The summed E-state index contributed by atoms with van der Waals surface area (Å²) in [4.78, 5) is 37.1. The molecule has 0 aliphatic carbocycles. The van der Waals surface area contributed by atoms with Crippen LogP contribution in [0, 0.1) is 13.8 Å². The first-order valence-electron chi connectivity index (χ1n) is 5.81. The fourth-order valence-electron chi connectivity index (χ4n) is 1.84. The van der Waals surface area contributed by atoms with Gasteiger partial charge in [0.15, 0.2) is 5.78 Å². The summed E-state index contributed by atoms with van der Waals surface area (Å²) in [5, 5.41) is 0. The van der Waals surface area contributed by atoms with Gasteiger partial charge in [-0.1, -0.05) is 0 Å². The van der Waals surface area contributed by atoms with E-state index in [1.807, 2.05) is 0 Å². The highest BCUT2D eigenvalue weighted by Gasteiger charge is 2.19. The minimum atomic E-state index is -0.747. The Bertz CT molecular complexity index is 519. The monoisotopic (exact) mass is 267 g/mol. The van der Waals surface area contributed by atoms with E-state index in [1.54, 1.807) is 20.8 Å². The van der Waals surface area contributed by atoms with Gasteiger partial charge in [0, 0.05) is 11.3 Å². The summed E-state index contributed by atoms with van der Waals surface area (Å²) >= 11 is 0. The van der Waals surface area contributed by atoms with Crippen molar-refractivity contribution in [1.82, 2.24) is 15.8 Å². The number of amides is 2. The highest BCUT2D eigenvalue weighted by molar-refractivity contribution is 6.02. The minimum Gasteiger partial charge on any atom is -0.449 e. The van der Waals surface area contributed by atoms with Crippen molar-refractivity contribution < 1.29 is 19.1 Å². The standard InChI is InChI=1S/C12H17N3O4/c1-5-19-12(18)15-14-11(17)10-6(2)9(8(4)16)7(3)13-10/h13H,5H2,1-4H3,(H,14,17)(H,15,18). The number of hydrogen-bond acceptors (Lipinski definition) is 4. The molecule has 0 atom stereocenters. The number of rotatable bonds is 3. The predicted molar refractivity (Wildman–Crippen MR) is 67.9 cm³/mol. The molecule has 3 N–H and O–H groups in total. The molecule has 7 heteroatoms. The molecule has 0 aliphatic rings. The molecule has 1 rings (SSSR count). The number of aryl methyl sites for hydroxylation is 1. The summed E-state index contributed by atoms with van der Waals surface area (Å²) in [6.45, 7) is 6.66. The van der Waals surface area contributed by atoms with Crippen LogP contribution in [0.5, 0.6) is 0 Å². The maximum absolute atomic E-state index is 11.8. The van der Waals surface area contributed by atoms with Gasteiger partial charge in [-0.3, -0.25) is 15.0 Å². The van der Waals surface area contributed by atoms with E-state index >= 15 is 0 Å². The first kappa shape index (κ1) is 14.7. The summed E-state index contributed by atoms with van der Waals surface area (Å²) in [5.41, 5.74) is 6.19. The SMILES string of the molecule is CCOC(=O)NNC(=O)c1[nH]c(C)c(C(C)=O)c1C. The number of Topliss-reactive ketones (excluding diaryl/α,β-unsaturated/α-hetero) is 1. The third-order valence-corrected chi connectivity index (χ3v) is 2.57. The smallest absolute Gasteiger partial charge is 0.426 e. The maximum Gasteiger partial charge on any atom is 0.426 e. The third-order valence-electron chi connectivity index (χ3n) is 2.57. The fourth-order valence-corrected chi connectivity index (χ4v) is 1.84. The zero-order chi connectivity index (χ0) is 14.6. The number of ketones is 1. The molecule has 0 aromatic carbocycles. The highest BCUT2D eigenvalue weighted by atomic mass is 16.5. The first-order valence-corrected chi connectivity index (χ1v) is 5.81. The Labute approximate surface area is 110 Å². The van der Waals surface area contributed by atoms with Crippen LogP contribution in [0.25, 0.3) is 0 Å². The van der Waals surface area contributed by atoms with Crippen molar-refractivity contribution in [3.05, 3.63) is 22.5 Å². The molecule has 0 saturated carbocycles. The van der Waals surface area contributed by atoms with E-state index in [0.717, 1.165) is 0 Å². The minimum absolute atomic E-state index is 0.122. The number of hydrogen-bond donors (Lipinski definition) is 3. The first-order chi connectivity index (χ1) is 8.88. The van der Waals surface area contributed by atoms with Gasteiger partial charge in [0.25, 0.3) is 5.91 Å². The Hall–Kier alpha value is -2.31. The number of aromatic nitrogens is 1. The molecular weight excluding hydrogens is 250 g/mol. The molecule has 1 aromatic rings. The van der Waals surface area contributed by atoms with Gasteiger partial charge in [0.05, 0.1) is 6.61 Å². The van der Waals surface area contributed by atoms with Crippen LogP contribution < -0.4 is 10.9 Å². The molecule has 0 unspecified atom stereocenters. The van der Waals surface area contributed by atoms with Gasteiger partial charge in [0.2, 0.25) is 0 Å². The van der Waals surface area contributed by atoms with E-state index in [1.165, 1.54) is 6.92 Å². The van der Waals surface area contributed by atoms with E-state index in [0.29, 0.717) is 16.8 Å². The van der Waals surface area contributed by atoms with Crippen molar-refractivity contribution in [2.24, 2.45) is 0 Å². The van der Waals surface area contributed by atoms with Crippen molar-refractivity contribution in [3.8, 4) is 0 Å². The highest BCUT2D eigenvalue weighted by Crippen LogP contribution is 2.18. The number of carbonyl (C=O) groups is 3. The van der Waals surface area contributed by atoms with Gasteiger partial charge in [-0.25, -0.2) is 10.2 Å². The average molecular weight is 267 g/mol. The number of nitrogens with one attached hydrogen (secondary N) is 3. The lowest BCUT2D eigenvalue weighted by molar-refractivity contribution is 0.0907. The Morgan fingerprint density at radius 2 is 1.84 bits per heavy atom. The summed E-state index contributed by atoms with van der Waals surface area (Å²) in [7, 11) is 0. The van der Waals surface area contributed by atoms with Crippen LogP contribution in [0.4, 0.5) is 4.79 Å². The van der Waals surface area contributed by atoms with Crippen LogP contribution >= 0.6 is 0 Å². The number of ether oxygens (including phenoxy) is 1. The zero-order valence-corrected chi connectivity index (χ0v) is 11.3. The summed E-state index contributed by atoms with van der Waals surface area (Å²) < 4.78 is 4.60. The maximum atomic E-state index is 11.8. The average Bonchev–Trinajstić information content (AvgIpc) is 2.62. The largest absolute Gasteiger partial charge is 0.449 e. The van der Waals surface area contributed by atoms with Gasteiger partial charge in [0.1, 0.15) is 5.69 Å². The molecule has 2 amide bonds. The van der Waals surface area contributed by atoms with Crippen LogP contribution in [0.3, 0.4) is 0 Å². The Balaban J connectivity index is 2.81. The lowest BCUT2D eigenvalue weighted by Gasteiger charge is -2.06. The van der Waals surface area contributed by atoms with Crippen molar-refractivity contribution in [3.63, 3.8) is 0 Å². The molecule has 0 aliphatic heterocycles. The molecule has 0 bridgehead atoms. The fraction of sp³-hybridized carbons (Fsp3) is 0.417. The van der Waals surface area contributed by atoms with Crippen LogP contribution in [-0.2, 0) is 4.74 Å². The van der Waals surface area contributed by atoms with Crippen LogP contribution in [0.15, 0.2) is 0 Å². The summed E-state index contributed by atoms with van der Waals surface area (Å²) in [5.74, 6) is -0.662. The van der Waals surface area contributed by atoms with E-state index in [-0.39, 0.29) is 18.1 Å². The Morgan fingerprint density at radius 3 is 2.32 bits per heavy atom. The van der Waals surface area contributed by atoms with Crippen LogP contribution in [-0.4, -0.2) is 29.4 Å². The zero-order valence-electron chi connectivity index (χ0n) is 11.3. The Morgan fingerprint density at radius 1 is 1.21 bits per heavy atom. The van der Waals surface area contributed by atoms with Crippen molar-refractivity contribution in [2.75, 3.05) is 6.61 Å². The molecule has 1 aromatic heterocycles. The molecule has 7 nitrogen and oxygen atoms in total. The number of carbonyl (C=O) groups excluding carboxylic acids is 3. The molecular formula is C12H17N3O4. The van der Waals surface area contributed by atoms with Gasteiger partial charge in [-0.15, -0.1) is 0 Å². The lowest BCUT2D eigenvalue weighted by atomic mass is 10.1. The summed E-state index contributed by atoms with van der Waals surface area (Å²) in [6.07, 6.45) is -0.747. The van der Waals surface area contributed by atoms with Gasteiger partial charge < -0.3 is 9.72 Å². The molecule has 0 radical (unpaired) electrons. The van der Waals surface area contributed by atoms with E-state index < -0.39 is 12.0 Å². The number of H-pyrrole nitrogens is 1. The number of hydrazine groups is 1. The predicted octanol–water partition coefficient (Wildman–Crippen LogP) is 1.23. The second-order valence-corrected chi connectivity index (χ2v) is 3.98. The topological polar surface area (TPSA) is 100 Å². The molecule has 0 spiro atoms. The molecule has 0 fully saturated rings. The van der Waals surface area contributed by atoms with Crippen LogP contribution in [0.1, 0.15) is 46.0 Å². The second-order valence-electron chi connectivity index (χ2n) is 3.98. The second kappa shape index (κ2) is 6.03. The Kier molecular flexibility index (Phi) is 4.68. The number of aromatic amines is 1. The van der Waals surface area contributed by atoms with E-state index in [2.05, 4.69) is 20.6 Å². The normalized spacial score (nSPS) is 9.89.